The fourth-order valence-electron chi connectivity index (χ4n) is 2.87. The van der Waals surface area contributed by atoms with Crippen molar-refractivity contribution in [2.45, 2.75) is 20.3 Å². The summed E-state index contributed by atoms with van der Waals surface area (Å²) in [6.45, 7) is 4.14. The first-order chi connectivity index (χ1) is 15.0. The Morgan fingerprint density at radius 3 is 2.52 bits per heavy atom. The Balaban J connectivity index is 0.000000858. The molecule has 0 aliphatic carbocycles. The number of fused-ring (bicyclic) bond motifs is 1. The number of aromatic nitrogens is 2. The molecule has 0 bridgehead atoms. The van der Waals surface area contributed by atoms with Crippen molar-refractivity contribution in [3.8, 4) is 22.6 Å². The van der Waals surface area contributed by atoms with Crippen LogP contribution in [-0.2, 0) is 4.79 Å². The summed E-state index contributed by atoms with van der Waals surface area (Å²) in [5, 5.41) is 6.08. The zero-order valence-electron chi connectivity index (χ0n) is 17.9. The number of aromatic amines is 1. The predicted octanol–water partition coefficient (Wildman–Crippen LogP) is 4.38. The summed E-state index contributed by atoms with van der Waals surface area (Å²) in [7, 11) is 1.50. The van der Waals surface area contributed by atoms with Gasteiger partial charge in [-0.2, -0.15) is 0 Å². The van der Waals surface area contributed by atoms with Crippen LogP contribution in [0.2, 0.25) is 0 Å². The van der Waals surface area contributed by atoms with E-state index in [1.165, 1.54) is 13.5 Å². The minimum Gasteiger partial charge on any atom is -0.449 e. The van der Waals surface area contributed by atoms with Crippen LogP contribution >= 0.6 is 0 Å². The van der Waals surface area contributed by atoms with Crippen LogP contribution in [0.5, 0.6) is 0 Å². The van der Waals surface area contributed by atoms with Crippen LogP contribution in [0.15, 0.2) is 65.3 Å². The highest BCUT2D eigenvalue weighted by atomic mass is 16.4. The van der Waals surface area contributed by atoms with E-state index in [1.54, 1.807) is 18.3 Å². The highest BCUT2D eigenvalue weighted by Gasteiger charge is 2.14. The smallest absolute Gasteiger partial charge is 0.287 e. The second-order valence-electron chi connectivity index (χ2n) is 6.94. The van der Waals surface area contributed by atoms with Crippen LogP contribution < -0.4 is 10.6 Å². The van der Waals surface area contributed by atoms with Gasteiger partial charge in [-0.05, 0) is 41.3 Å². The Morgan fingerprint density at radius 2 is 1.81 bits per heavy atom. The third-order valence-electron chi connectivity index (χ3n) is 4.42. The molecule has 0 unspecified atom stereocenters. The average Bonchev–Trinajstić information content (AvgIpc) is 3.47. The molecule has 7 heteroatoms. The highest BCUT2D eigenvalue weighted by Crippen LogP contribution is 2.26. The van der Waals surface area contributed by atoms with Crippen molar-refractivity contribution < 1.29 is 14.0 Å². The fraction of sp³-hybridized carbons (Fsp3) is 0.208. The van der Waals surface area contributed by atoms with E-state index < -0.39 is 5.91 Å². The number of rotatable bonds is 5. The lowest BCUT2D eigenvalue weighted by Crippen LogP contribution is -2.34. The van der Waals surface area contributed by atoms with Gasteiger partial charge in [-0.1, -0.05) is 38.5 Å². The molecule has 2 amide bonds. The van der Waals surface area contributed by atoms with E-state index in [1.807, 2.05) is 24.4 Å². The molecular weight excluding hydrogens is 392 g/mol. The van der Waals surface area contributed by atoms with Gasteiger partial charge in [0, 0.05) is 30.5 Å². The lowest BCUT2D eigenvalue weighted by atomic mass is 10.1. The molecule has 0 radical (unpaired) electrons. The Kier molecular flexibility index (Phi) is 7.22. The molecule has 3 heterocycles. The Bertz CT molecular complexity index is 1160. The van der Waals surface area contributed by atoms with Crippen molar-refractivity contribution in [1.29, 1.82) is 0 Å². The van der Waals surface area contributed by atoms with E-state index in [-0.39, 0.29) is 18.2 Å². The molecule has 160 valence electrons. The van der Waals surface area contributed by atoms with Gasteiger partial charge in [-0.15, -0.1) is 0 Å². The summed E-state index contributed by atoms with van der Waals surface area (Å²) in [5.41, 5.74) is 3.73. The number of nitrogens with one attached hydrogen (secondary N) is 3. The molecule has 4 aromatic rings. The van der Waals surface area contributed by atoms with Gasteiger partial charge in [-0.3, -0.25) is 14.6 Å². The lowest BCUT2D eigenvalue weighted by molar-refractivity contribution is -0.119. The molecule has 1 aromatic carbocycles. The summed E-state index contributed by atoms with van der Waals surface area (Å²) in [5.74, 6) is -0.126. The number of hydrogen-bond acceptors (Lipinski definition) is 4. The second kappa shape index (κ2) is 10.2. The second-order valence-corrected chi connectivity index (χ2v) is 6.94. The normalized spacial score (nSPS) is 10.3. The van der Waals surface area contributed by atoms with Crippen LogP contribution in [0, 0.1) is 0 Å². The van der Waals surface area contributed by atoms with Crippen molar-refractivity contribution in [2.24, 2.45) is 0 Å². The maximum atomic E-state index is 12.0. The minimum absolute atomic E-state index is 0.108. The maximum absolute atomic E-state index is 12.0. The van der Waals surface area contributed by atoms with Crippen LogP contribution in [0.25, 0.3) is 33.5 Å². The number of carbonyl (C=O) groups excluding carboxylic acids is 2. The molecule has 3 aromatic heterocycles. The van der Waals surface area contributed by atoms with Crippen molar-refractivity contribution in [1.82, 2.24) is 20.6 Å². The molecule has 0 aliphatic heterocycles. The third-order valence-corrected chi connectivity index (χ3v) is 4.42. The van der Waals surface area contributed by atoms with Gasteiger partial charge in [0.15, 0.2) is 11.5 Å². The first-order valence-electron chi connectivity index (χ1n) is 10.2. The fourth-order valence-corrected chi connectivity index (χ4v) is 2.87. The van der Waals surface area contributed by atoms with Gasteiger partial charge in [0.05, 0.1) is 6.54 Å². The Hall–Kier alpha value is -3.87. The largest absolute Gasteiger partial charge is 0.449 e. The van der Waals surface area contributed by atoms with Gasteiger partial charge < -0.3 is 20.0 Å². The summed E-state index contributed by atoms with van der Waals surface area (Å²) < 4.78 is 5.58. The van der Waals surface area contributed by atoms with Gasteiger partial charge >= 0.3 is 0 Å². The van der Waals surface area contributed by atoms with Gasteiger partial charge in [0.2, 0.25) is 5.91 Å². The number of carbonyl (C=O) groups is 2. The molecule has 31 heavy (non-hydrogen) atoms. The summed E-state index contributed by atoms with van der Waals surface area (Å²) in [6, 6.07) is 15.3. The molecule has 0 aliphatic rings. The minimum atomic E-state index is -0.453. The van der Waals surface area contributed by atoms with E-state index in [0.717, 1.165) is 22.0 Å². The maximum Gasteiger partial charge on any atom is 0.287 e. The van der Waals surface area contributed by atoms with Crippen molar-refractivity contribution in [2.75, 3.05) is 13.6 Å². The summed E-state index contributed by atoms with van der Waals surface area (Å²) in [6.07, 6.45) is 4.93. The average molecular weight is 418 g/mol. The first-order valence-corrected chi connectivity index (χ1v) is 10.2. The van der Waals surface area contributed by atoms with Gasteiger partial charge in [0.1, 0.15) is 5.69 Å². The van der Waals surface area contributed by atoms with Crippen molar-refractivity contribution in [3.05, 3.63) is 66.7 Å². The molecule has 0 fully saturated rings. The first kappa shape index (κ1) is 21.8. The lowest BCUT2D eigenvalue weighted by Gasteiger charge is -2.03. The molecular formula is C24H26N4O3. The monoisotopic (exact) mass is 418 g/mol. The van der Waals surface area contributed by atoms with Crippen LogP contribution in [0.3, 0.4) is 0 Å². The van der Waals surface area contributed by atoms with Crippen LogP contribution in [-0.4, -0.2) is 35.4 Å². The third kappa shape index (κ3) is 5.39. The standard InChI is InChI=1S/C21H18N4O3.C3H8/c1-22-20(26)12-25-21(27)19-7-6-18(28-19)16-5-4-15(11-24-16)14-3-2-13-8-9-23-17(13)10-14;1-3-2/h2-11,23H,12H2,1H3,(H,22,26)(H,25,27);3H2,1-2H3. The van der Waals surface area contributed by atoms with Crippen LogP contribution in [0.1, 0.15) is 30.8 Å². The summed E-state index contributed by atoms with van der Waals surface area (Å²) >= 11 is 0. The number of likely N-dealkylation sites (N-methyl/N-ethyl adjacent to an activating group) is 1. The van der Waals surface area contributed by atoms with Crippen molar-refractivity contribution in [3.63, 3.8) is 0 Å². The van der Waals surface area contributed by atoms with Crippen LogP contribution in [0.4, 0.5) is 0 Å². The van der Waals surface area contributed by atoms with Gasteiger partial charge in [-0.25, -0.2) is 0 Å². The molecule has 4 rings (SSSR count). The molecule has 7 nitrogen and oxygen atoms in total. The number of amides is 2. The number of pyridine rings is 1. The topological polar surface area (TPSA) is 100 Å². The van der Waals surface area contributed by atoms with E-state index in [2.05, 4.69) is 52.6 Å². The molecule has 0 spiro atoms. The molecule has 0 saturated carbocycles. The number of H-pyrrole nitrogens is 1. The van der Waals surface area contributed by atoms with Gasteiger partial charge in [0.25, 0.3) is 5.91 Å². The number of nitrogens with zero attached hydrogens (tertiary/aromatic N) is 1. The SMILES string of the molecule is CCC.CNC(=O)CNC(=O)c1ccc(-c2ccc(-c3ccc4cc[nH]c4c3)cn2)o1. The Morgan fingerprint density at radius 1 is 1.03 bits per heavy atom. The Labute approximate surface area is 180 Å². The molecule has 3 N–H and O–H groups in total. The van der Waals surface area contributed by atoms with E-state index in [9.17, 15) is 9.59 Å². The van der Waals surface area contributed by atoms with E-state index >= 15 is 0 Å². The molecule has 0 saturated heterocycles. The number of furan rings is 1. The van der Waals surface area contributed by atoms with E-state index in [0.29, 0.717) is 11.5 Å². The van der Waals surface area contributed by atoms with E-state index in [4.69, 9.17) is 4.42 Å². The number of hydrogen-bond donors (Lipinski definition) is 3. The zero-order valence-corrected chi connectivity index (χ0v) is 17.9. The van der Waals surface area contributed by atoms with Crippen molar-refractivity contribution >= 4 is 22.7 Å². The predicted molar refractivity (Wildman–Crippen MR) is 122 cm³/mol. The highest BCUT2D eigenvalue weighted by molar-refractivity contribution is 5.94. The molecule has 0 atom stereocenters. The summed E-state index contributed by atoms with van der Waals surface area (Å²) in [4.78, 5) is 30.9. The number of benzene rings is 1. The zero-order chi connectivity index (χ0) is 22.2. The quantitative estimate of drug-likeness (QED) is 0.448.